The third-order valence-electron chi connectivity index (χ3n) is 3.50. The smallest absolute Gasteiger partial charge is 0.189 e. The van der Waals surface area contributed by atoms with Gasteiger partial charge in [-0.15, -0.1) is 0 Å². The molecular formula is C15H32ClOPS. The summed E-state index contributed by atoms with van der Waals surface area (Å²) in [6.45, 7) is 8.57. The maximum absolute atomic E-state index is 11.3. The van der Waals surface area contributed by atoms with Crippen molar-refractivity contribution in [2.45, 2.75) is 66.2 Å². The van der Waals surface area contributed by atoms with Crippen LogP contribution in [0.15, 0.2) is 0 Å². The van der Waals surface area contributed by atoms with E-state index in [1.165, 1.54) is 57.0 Å². The SMILES string of the molecule is CCCC[P+](CCCC)(CCCC)CSC(C)=O.[Cl-]. The molecule has 0 unspecified atom stereocenters. The van der Waals surface area contributed by atoms with E-state index in [9.17, 15) is 4.79 Å². The van der Waals surface area contributed by atoms with Crippen molar-refractivity contribution in [3.05, 3.63) is 0 Å². The second kappa shape index (κ2) is 13.7. The van der Waals surface area contributed by atoms with Gasteiger partial charge in [0.1, 0.15) is 5.49 Å². The highest BCUT2D eigenvalue weighted by molar-refractivity contribution is 8.18. The molecule has 1 nitrogen and oxygen atoms in total. The fourth-order valence-electron chi connectivity index (χ4n) is 2.24. The van der Waals surface area contributed by atoms with Gasteiger partial charge in [0.15, 0.2) is 5.12 Å². The van der Waals surface area contributed by atoms with E-state index in [1.807, 2.05) is 0 Å². The first-order chi connectivity index (χ1) is 8.60. The lowest BCUT2D eigenvalue weighted by molar-refractivity contribution is -0.109. The molecule has 0 saturated carbocycles. The minimum atomic E-state index is -0.857. The number of carbonyl (C=O) groups excluding carboxylic acids is 1. The molecule has 0 bridgehead atoms. The van der Waals surface area contributed by atoms with E-state index in [0.717, 1.165) is 5.49 Å². The van der Waals surface area contributed by atoms with Gasteiger partial charge in [0.2, 0.25) is 0 Å². The van der Waals surface area contributed by atoms with Crippen LogP contribution in [-0.2, 0) is 4.79 Å². The minimum absolute atomic E-state index is 0. The zero-order valence-corrected chi connectivity index (χ0v) is 15.7. The first kappa shape index (κ1) is 22.0. The number of thioether (sulfide) groups is 1. The summed E-state index contributed by atoms with van der Waals surface area (Å²) in [4.78, 5) is 11.3. The second-order valence-corrected chi connectivity index (χ2v) is 11.3. The Morgan fingerprint density at radius 1 is 0.895 bits per heavy atom. The van der Waals surface area contributed by atoms with E-state index in [2.05, 4.69) is 20.8 Å². The van der Waals surface area contributed by atoms with E-state index in [-0.39, 0.29) is 12.4 Å². The first-order valence-electron chi connectivity index (χ1n) is 7.58. The molecule has 0 spiro atoms. The Kier molecular flexibility index (Phi) is 15.9. The molecule has 0 aromatic carbocycles. The predicted molar refractivity (Wildman–Crippen MR) is 89.4 cm³/mol. The zero-order valence-electron chi connectivity index (χ0n) is 13.2. The van der Waals surface area contributed by atoms with Crippen molar-refractivity contribution < 1.29 is 17.2 Å². The van der Waals surface area contributed by atoms with Gasteiger partial charge >= 0.3 is 0 Å². The normalized spacial score (nSPS) is 11.2. The fraction of sp³-hybridized carbons (Fsp3) is 0.933. The van der Waals surface area contributed by atoms with Gasteiger partial charge in [-0.25, -0.2) is 0 Å². The van der Waals surface area contributed by atoms with Crippen LogP contribution in [0.2, 0.25) is 0 Å². The second-order valence-electron chi connectivity index (χ2n) is 5.34. The summed E-state index contributed by atoms with van der Waals surface area (Å²) in [5.41, 5.74) is 1.16. The lowest BCUT2D eigenvalue weighted by Gasteiger charge is -2.27. The monoisotopic (exact) mass is 326 g/mol. The highest BCUT2D eigenvalue weighted by Crippen LogP contribution is 2.62. The molecule has 0 saturated heterocycles. The first-order valence-corrected chi connectivity index (χ1v) is 11.1. The Morgan fingerprint density at radius 2 is 1.26 bits per heavy atom. The van der Waals surface area contributed by atoms with Gasteiger partial charge in [0.25, 0.3) is 0 Å². The van der Waals surface area contributed by atoms with Crippen LogP contribution >= 0.6 is 19.0 Å². The van der Waals surface area contributed by atoms with Crippen molar-refractivity contribution in [3.63, 3.8) is 0 Å². The van der Waals surface area contributed by atoms with E-state index < -0.39 is 7.26 Å². The van der Waals surface area contributed by atoms with Crippen molar-refractivity contribution >= 4 is 24.1 Å². The van der Waals surface area contributed by atoms with Crippen LogP contribution in [0.5, 0.6) is 0 Å². The number of hydrogen-bond donors (Lipinski definition) is 0. The van der Waals surface area contributed by atoms with Crippen LogP contribution in [0.3, 0.4) is 0 Å². The summed E-state index contributed by atoms with van der Waals surface area (Å²) in [6.07, 6.45) is 12.2. The van der Waals surface area contributed by atoms with Gasteiger partial charge in [0, 0.05) is 14.2 Å². The number of halogens is 1. The molecule has 0 radical (unpaired) electrons. The van der Waals surface area contributed by atoms with Crippen LogP contribution < -0.4 is 12.4 Å². The van der Waals surface area contributed by atoms with Crippen LogP contribution in [0.1, 0.15) is 66.2 Å². The van der Waals surface area contributed by atoms with Gasteiger partial charge in [-0.05, 0) is 31.0 Å². The van der Waals surface area contributed by atoms with Crippen LogP contribution in [0, 0.1) is 0 Å². The van der Waals surface area contributed by atoms with Crippen molar-refractivity contribution in [2.24, 2.45) is 0 Å². The molecule has 0 N–H and O–H groups in total. The lowest BCUT2D eigenvalue weighted by atomic mass is 10.4. The minimum Gasteiger partial charge on any atom is -1.00 e. The summed E-state index contributed by atoms with van der Waals surface area (Å²) < 4.78 is 0. The van der Waals surface area contributed by atoms with E-state index in [1.54, 1.807) is 18.7 Å². The molecule has 0 atom stereocenters. The highest BCUT2D eigenvalue weighted by Gasteiger charge is 2.35. The number of hydrogen-bond acceptors (Lipinski definition) is 2. The average Bonchev–Trinajstić information content (AvgIpc) is 2.37. The molecule has 0 aromatic heterocycles. The Hall–Kier alpha value is 0.740. The van der Waals surface area contributed by atoms with Gasteiger partial charge in [-0.2, -0.15) is 0 Å². The summed E-state index contributed by atoms with van der Waals surface area (Å²) in [5, 5.41) is 0.309. The maximum Gasteiger partial charge on any atom is 0.189 e. The summed E-state index contributed by atoms with van der Waals surface area (Å²) in [5.74, 6) is 0. The van der Waals surface area contributed by atoms with E-state index >= 15 is 0 Å². The molecule has 0 amide bonds. The van der Waals surface area contributed by atoms with Crippen LogP contribution in [0.25, 0.3) is 0 Å². The van der Waals surface area contributed by atoms with E-state index in [0.29, 0.717) is 5.12 Å². The largest absolute Gasteiger partial charge is 1.00 e. The molecule has 19 heavy (non-hydrogen) atoms. The Morgan fingerprint density at radius 3 is 1.53 bits per heavy atom. The Bertz CT molecular complexity index is 202. The molecule has 4 heteroatoms. The molecule has 0 rings (SSSR count). The maximum atomic E-state index is 11.3. The third kappa shape index (κ3) is 11.1. The average molecular weight is 327 g/mol. The number of rotatable bonds is 11. The fourth-order valence-corrected chi connectivity index (χ4v) is 9.24. The lowest BCUT2D eigenvalue weighted by Crippen LogP contribution is -3.00. The Labute approximate surface area is 131 Å². The van der Waals surface area contributed by atoms with Crippen LogP contribution in [-0.4, -0.2) is 29.1 Å². The molecule has 0 heterocycles. The number of unbranched alkanes of at least 4 members (excludes halogenated alkanes) is 3. The zero-order chi connectivity index (χ0) is 13.9. The summed E-state index contributed by atoms with van der Waals surface area (Å²) in [7, 11) is -0.857. The molecule has 116 valence electrons. The van der Waals surface area contributed by atoms with Gasteiger partial charge in [0.05, 0.1) is 18.5 Å². The van der Waals surface area contributed by atoms with Gasteiger partial charge in [-0.1, -0.05) is 40.0 Å². The van der Waals surface area contributed by atoms with Crippen molar-refractivity contribution in [1.82, 2.24) is 0 Å². The number of carbonyl (C=O) groups is 1. The van der Waals surface area contributed by atoms with E-state index in [4.69, 9.17) is 0 Å². The van der Waals surface area contributed by atoms with Crippen molar-refractivity contribution in [2.75, 3.05) is 24.0 Å². The van der Waals surface area contributed by atoms with Gasteiger partial charge < -0.3 is 12.4 Å². The van der Waals surface area contributed by atoms with Gasteiger partial charge in [-0.3, -0.25) is 4.79 Å². The molecule has 0 aliphatic rings. The Balaban J connectivity index is 0. The molecule has 0 aromatic rings. The summed E-state index contributed by atoms with van der Waals surface area (Å²) in [6, 6.07) is 0. The third-order valence-corrected chi connectivity index (χ3v) is 10.4. The quantitative estimate of drug-likeness (QED) is 0.543. The molecule has 0 aliphatic carbocycles. The standard InChI is InChI=1S/C15H32OPS.ClH/c1-5-8-11-17(12-9-6-2,13-10-7-3)14-18-15(4)16;/h5-14H2,1-4H3;1H/q+1;/p-1. The topological polar surface area (TPSA) is 17.1 Å². The summed E-state index contributed by atoms with van der Waals surface area (Å²) >= 11 is 1.60. The van der Waals surface area contributed by atoms with Crippen molar-refractivity contribution in [1.29, 1.82) is 0 Å². The van der Waals surface area contributed by atoms with Crippen molar-refractivity contribution in [3.8, 4) is 0 Å². The highest BCUT2D eigenvalue weighted by atomic mass is 35.5. The molecular weight excluding hydrogens is 295 g/mol. The predicted octanol–water partition coefficient (Wildman–Crippen LogP) is 2.65. The van der Waals surface area contributed by atoms with Crippen LogP contribution in [0.4, 0.5) is 0 Å². The molecule has 0 fully saturated rings. The molecule has 0 aliphatic heterocycles.